The number of carbonyl (C=O) groups excluding carboxylic acids is 4. The number of benzene rings is 6. The molecule has 392 valence electrons. The van der Waals surface area contributed by atoms with Crippen LogP contribution < -0.4 is 40.6 Å². The number of hydrogen-bond acceptors (Lipinski definition) is 13. The Hall–Kier alpha value is -7.80. The molecule has 0 spiro atoms. The van der Waals surface area contributed by atoms with Gasteiger partial charge < -0.3 is 65.8 Å². The molecule has 0 bridgehead atoms. The lowest BCUT2D eigenvalue weighted by atomic mass is 9.94. The summed E-state index contributed by atoms with van der Waals surface area (Å²) in [5.74, 6) is 2.49. The average Bonchev–Trinajstić information content (AvgIpc) is 4.33. The Morgan fingerprint density at radius 1 is 0.533 bits per heavy atom. The van der Waals surface area contributed by atoms with Crippen LogP contribution in [0.5, 0.6) is 23.0 Å². The van der Waals surface area contributed by atoms with E-state index in [9.17, 15) is 24.3 Å². The highest BCUT2D eigenvalue weighted by molar-refractivity contribution is 6.03. The van der Waals surface area contributed by atoms with Gasteiger partial charge in [0.15, 0.2) is 23.0 Å². The third kappa shape index (κ3) is 12.1. The molecule has 4 aliphatic rings. The lowest BCUT2D eigenvalue weighted by Crippen LogP contribution is -2.27. The van der Waals surface area contributed by atoms with E-state index >= 15 is 0 Å². The van der Waals surface area contributed by atoms with E-state index < -0.39 is 10.8 Å². The molecule has 6 aromatic rings. The lowest BCUT2D eigenvalue weighted by Gasteiger charge is -2.18. The predicted molar refractivity (Wildman–Crippen MR) is 285 cm³/mol. The van der Waals surface area contributed by atoms with Crippen LogP contribution in [0.1, 0.15) is 68.7 Å². The summed E-state index contributed by atoms with van der Waals surface area (Å²) in [6.45, 7) is 1.82. The number of aliphatic hydroxyl groups is 3. The van der Waals surface area contributed by atoms with Crippen LogP contribution in [0.3, 0.4) is 0 Å². The van der Waals surface area contributed by atoms with Crippen molar-refractivity contribution < 1.29 is 53.4 Å². The number of fused-ring (bicyclic) bond motifs is 2. The number of ether oxygens (including phenoxy) is 4. The van der Waals surface area contributed by atoms with Gasteiger partial charge in [-0.3, -0.25) is 19.2 Å². The van der Waals surface area contributed by atoms with Crippen LogP contribution in [0.25, 0.3) is 22.3 Å². The molecular formula is C58H64N6O11. The van der Waals surface area contributed by atoms with E-state index in [0.717, 1.165) is 70.2 Å². The monoisotopic (exact) mass is 1020 g/mol. The third-order valence-corrected chi connectivity index (χ3v) is 13.6. The Morgan fingerprint density at radius 3 is 1.33 bits per heavy atom. The first kappa shape index (κ1) is 53.5. The van der Waals surface area contributed by atoms with Crippen LogP contribution in [-0.2, 0) is 33.6 Å². The molecule has 17 nitrogen and oxygen atoms in total. The first-order chi connectivity index (χ1) is 36.2. The van der Waals surface area contributed by atoms with Crippen LogP contribution in [0.15, 0.2) is 121 Å². The molecule has 10 rings (SSSR count). The maximum atomic E-state index is 13.5. The molecule has 0 unspecified atom stereocenters. The standard InChI is InChI=1S/C29H31N3O5.C27H26N2O5.C2H7NO/c1-32(2)27(34)20-5-3-19(4-6-20)24-16-23(9-7-21(24)17-30-13-14-33)31-28(35)29(11-12-29)22-8-10-25-26(15-22)37-18-36-25;1-29(2)25(31)18-5-3-17(4-6-18)22-14-21(9-7-19(22)15-30)28-26(32)27(11-12-27)20-8-10-23-24(13-20)34-16-33-23;3-1-2-4/h3-10,15-16,30,33H,11-14,17-18H2,1-2H3,(H,31,35);3-10,13-14,30H,11-12,15-16H2,1-2H3,(H,28,32);4H,1-3H2. The van der Waals surface area contributed by atoms with Gasteiger partial charge >= 0.3 is 0 Å². The summed E-state index contributed by atoms with van der Waals surface area (Å²) < 4.78 is 21.8. The van der Waals surface area contributed by atoms with Gasteiger partial charge in [-0.2, -0.15) is 0 Å². The fourth-order valence-corrected chi connectivity index (χ4v) is 8.97. The summed E-state index contributed by atoms with van der Waals surface area (Å²) in [5.41, 5.74) is 13.3. The van der Waals surface area contributed by atoms with Crippen molar-refractivity contribution in [3.8, 4) is 45.3 Å². The van der Waals surface area contributed by atoms with Gasteiger partial charge in [0.25, 0.3) is 11.8 Å². The van der Waals surface area contributed by atoms with Crippen LogP contribution in [-0.4, -0.2) is 117 Å². The van der Waals surface area contributed by atoms with E-state index in [-0.39, 0.29) is 57.0 Å². The highest BCUT2D eigenvalue weighted by Gasteiger charge is 2.52. The molecule has 75 heavy (non-hydrogen) atoms. The molecule has 0 aromatic heterocycles. The molecule has 8 N–H and O–H groups in total. The van der Waals surface area contributed by atoms with Crippen LogP contribution in [0, 0.1) is 0 Å². The number of aliphatic hydroxyl groups excluding tert-OH is 3. The van der Waals surface area contributed by atoms with Gasteiger partial charge in [-0.05, 0) is 143 Å². The van der Waals surface area contributed by atoms with Gasteiger partial charge in [-0.25, -0.2) is 0 Å². The third-order valence-electron chi connectivity index (χ3n) is 13.6. The maximum Gasteiger partial charge on any atom is 0.253 e. The van der Waals surface area contributed by atoms with Gasteiger partial charge in [0.05, 0.1) is 30.7 Å². The summed E-state index contributed by atoms with van der Waals surface area (Å²) in [6.07, 6.45) is 3.08. The van der Waals surface area contributed by atoms with E-state index in [1.165, 1.54) is 4.90 Å². The van der Waals surface area contributed by atoms with E-state index in [0.29, 0.717) is 65.1 Å². The number of anilines is 2. The number of rotatable bonds is 16. The van der Waals surface area contributed by atoms with E-state index in [4.69, 9.17) is 34.9 Å². The number of hydrogen-bond donors (Lipinski definition) is 7. The molecule has 2 saturated carbocycles. The minimum absolute atomic E-state index is 0.0459. The van der Waals surface area contributed by atoms with Gasteiger partial charge in [0.1, 0.15) is 0 Å². The molecule has 0 radical (unpaired) electrons. The van der Waals surface area contributed by atoms with Crippen molar-refractivity contribution in [2.75, 3.05) is 78.7 Å². The van der Waals surface area contributed by atoms with Crippen LogP contribution >= 0.6 is 0 Å². The van der Waals surface area contributed by atoms with Crippen molar-refractivity contribution in [3.05, 3.63) is 155 Å². The molecule has 2 aliphatic heterocycles. The molecule has 6 aromatic carbocycles. The van der Waals surface area contributed by atoms with Gasteiger partial charge in [-0.1, -0.05) is 48.5 Å². The molecule has 2 heterocycles. The van der Waals surface area contributed by atoms with Crippen molar-refractivity contribution in [1.82, 2.24) is 15.1 Å². The lowest BCUT2D eigenvalue weighted by molar-refractivity contribution is -0.119. The quantitative estimate of drug-likeness (QED) is 0.0520. The van der Waals surface area contributed by atoms with Crippen molar-refractivity contribution in [2.24, 2.45) is 5.73 Å². The summed E-state index contributed by atoms with van der Waals surface area (Å²) in [7, 11) is 6.87. The summed E-state index contributed by atoms with van der Waals surface area (Å²) in [5, 5.41) is 36.2. The van der Waals surface area contributed by atoms with Crippen LogP contribution in [0.4, 0.5) is 11.4 Å². The number of carbonyl (C=O) groups is 4. The highest BCUT2D eigenvalue weighted by atomic mass is 16.7. The number of nitrogens with two attached hydrogens (primary N) is 1. The molecule has 17 heteroatoms. The summed E-state index contributed by atoms with van der Waals surface area (Å²) in [6, 6.07) is 37.4. The first-order valence-electron chi connectivity index (χ1n) is 24.8. The fraction of sp³-hybridized carbons (Fsp3) is 0.310. The SMILES string of the molecule is CN(C)C(=O)c1ccc(-c2cc(NC(=O)C3(c4ccc5c(c4)OCO5)CC3)ccc2CNCCO)cc1.CN(C)C(=O)c1ccc(-c2cc(NC(=O)C3(c4ccc5c(c4)OCO5)CC3)ccc2CO)cc1.NCCO. The van der Waals surface area contributed by atoms with Crippen molar-refractivity contribution in [1.29, 1.82) is 0 Å². The first-order valence-corrected chi connectivity index (χ1v) is 24.8. The zero-order chi connectivity index (χ0) is 53.3. The Morgan fingerprint density at radius 2 is 0.947 bits per heavy atom. The van der Waals surface area contributed by atoms with E-state index in [1.807, 2.05) is 103 Å². The summed E-state index contributed by atoms with van der Waals surface area (Å²) >= 11 is 0. The second-order valence-corrected chi connectivity index (χ2v) is 19.1. The average molecular weight is 1020 g/mol. The summed E-state index contributed by atoms with van der Waals surface area (Å²) in [4.78, 5) is 54.4. The second-order valence-electron chi connectivity index (χ2n) is 19.1. The smallest absolute Gasteiger partial charge is 0.253 e. The minimum atomic E-state index is -0.578. The molecule has 0 saturated heterocycles. The fourth-order valence-electron chi connectivity index (χ4n) is 8.97. The van der Waals surface area contributed by atoms with Crippen molar-refractivity contribution in [2.45, 2.75) is 49.7 Å². The van der Waals surface area contributed by atoms with Gasteiger partial charge in [0, 0.05) is 70.3 Å². The molecule has 4 amide bonds. The Balaban J connectivity index is 0.000000187. The van der Waals surface area contributed by atoms with E-state index in [1.54, 1.807) is 51.3 Å². The number of nitrogens with zero attached hydrogens (tertiary/aromatic N) is 2. The van der Waals surface area contributed by atoms with Gasteiger partial charge in [-0.15, -0.1) is 0 Å². The second kappa shape index (κ2) is 23.6. The number of amides is 4. The molecule has 0 atom stereocenters. The maximum absolute atomic E-state index is 13.5. The Bertz CT molecular complexity index is 3020. The van der Waals surface area contributed by atoms with Crippen molar-refractivity contribution >= 4 is 35.0 Å². The topological polar surface area (TPSA) is 234 Å². The largest absolute Gasteiger partial charge is 0.454 e. The highest BCUT2D eigenvalue weighted by Crippen LogP contribution is 2.52. The van der Waals surface area contributed by atoms with Crippen LogP contribution in [0.2, 0.25) is 0 Å². The minimum Gasteiger partial charge on any atom is -0.454 e. The van der Waals surface area contributed by atoms with Crippen molar-refractivity contribution in [3.63, 3.8) is 0 Å². The predicted octanol–water partition coefficient (Wildman–Crippen LogP) is 6.42. The van der Waals surface area contributed by atoms with Gasteiger partial charge in [0.2, 0.25) is 25.4 Å². The van der Waals surface area contributed by atoms with E-state index in [2.05, 4.69) is 16.0 Å². The molecule has 2 aliphatic carbocycles. The number of nitrogens with one attached hydrogen (secondary N) is 3. The zero-order valence-electron chi connectivity index (χ0n) is 42.6. The Labute approximate surface area is 436 Å². The molecular weight excluding hydrogens is 957 g/mol. The zero-order valence-corrected chi connectivity index (χ0v) is 42.6. The Kier molecular flexibility index (Phi) is 16.8. The molecule has 2 fully saturated rings. The normalized spacial score (nSPS) is 14.5.